The number of carbonyl (C=O) groups is 1. The van der Waals surface area contributed by atoms with E-state index in [1.54, 1.807) is 0 Å². The van der Waals surface area contributed by atoms with E-state index in [9.17, 15) is 18.0 Å². The van der Waals surface area contributed by atoms with Crippen LogP contribution < -0.4 is 4.74 Å². The van der Waals surface area contributed by atoms with Gasteiger partial charge in [0.25, 0.3) is 0 Å². The van der Waals surface area contributed by atoms with Gasteiger partial charge in [0, 0.05) is 7.05 Å². The summed E-state index contributed by atoms with van der Waals surface area (Å²) in [6.45, 7) is -0.839. The normalized spacial score (nSPS) is 11.5. The maximum absolute atomic E-state index is 12.3. The molecule has 15 heavy (non-hydrogen) atoms. The van der Waals surface area contributed by atoms with Gasteiger partial charge in [-0.15, -0.1) is 0 Å². The van der Waals surface area contributed by atoms with Gasteiger partial charge in [-0.1, -0.05) is 0 Å². The molecule has 1 aromatic heterocycles. The summed E-state index contributed by atoms with van der Waals surface area (Å²) in [6, 6.07) is 0. The summed E-state index contributed by atoms with van der Waals surface area (Å²) in [5, 5.41) is 11.4. The van der Waals surface area contributed by atoms with Gasteiger partial charge in [-0.2, -0.15) is 18.3 Å². The van der Waals surface area contributed by atoms with Crippen LogP contribution in [-0.2, 0) is 18.0 Å². The van der Waals surface area contributed by atoms with E-state index in [1.807, 2.05) is 0 Å². The van der Waals surface area contributed by atoms with Gasteiger partial charge in [-0.3, -0.25) is 4.68 Å². The Morgan fingerprint density at radius 2 is 2.27 bits per heavy atom. The molecule has 0 aliphatic carbocycles. The van der Waals surface area contributed by atoms with Crippen LogP contribution in [0.25, 0.3) is 0 Å². The molecule has 0 saturated heterocycles. The third kappa shape index (κ3) is 2.86. The Morgan fingerprint density at radius 1 is 1.67 bits per heavy atom. The predicted molar refractivity (Wildman–Crippen MR) is 41.3 cm³/mol. The van der Waals surface area contributed by atoms with Gasteiger partial charge in [0.05, 0.1) is 6.20 Å². The molecule has 0 atom stereocenters. The quantitative estimate of drug-likeness (QED) is 0.828. The Kier molecular flexibility index (Phi) is 2.87. The van der Waals surface area contributed by atoms with Crippen LogP contribution in [0.2, 0.25) is 0 Å². The highest BCUT2D eigenvalue weighted by Crippen LogP contribution is 2.34. The van der Waals surface area contributed by atoms with Crippen molar-refractivity contribution in [1.29, 1.82) is 0 Å². The standard InChI is InChI=1S/C7H7F3N2O3/c1-12-2-4(15-3-5(13)14)6(11-12)7(8,9)10/h2H,3H2,1H3,(H,13,14). The number of aromatic nitrogens is 2. The molecule has 0 unspecified atom stereocenters. The highest BCUT2D eigenvalue weighted by atomic mass is 19.4. The summed E-state index contributed by atoms with van der Waals surface area (Å²) < 4.78 is 42.2. The fourth-order valence-electron chi connectivity index (χ4n) is 0.908. The van der Waals surface area contributed by atoms with E-state index in [2.05, 4.69) is 9.84 Å². The van der Waals surface area contributed by atoms with Crippen LogP contribution in [0.15, 0.2) is 6.20 Å². The topological polar surface area (TPSA) is 64.3 Å². The van der Waals surface area contributed by atoms with E-state index in [-0.39, 0.29) is 0 Å². The van der Waals surface area contributed by atoms with Crippen LogP contribution in [0.1, 0.15) is 5.69 Å². The minimum Gasteiger partial charge on any atom is -0.479 e. The van der Waals surface area contributed by atoms with Crippen molar-refractivity contribution in [2.75, 3.05) is 6.61 Å². The molecule has 1 heterocycles. The molecule has 0 fully saturated rings. The number of aryl methyl sites for hydroxylation is 1. The number of alkyl halides is 3. The summed E-state index contributed by atoms with van der Waals surface area (Å²) in [5.41, 5.74) is -1.23. The second-order valence-corrected chi connectivity index (χ2v) is 2.70. The number of hydrogen-bond acceptors (Lipinski definition) is 3. The lowest BCUT2D eigenvalue weighted by Crippen LogP contribution is -2.13. The van der Waals surface area contributed by atoms with Crippen molar-refractivity contribution < 1.29 is 27.8 Å². The molecule has 0 aromatic carbocycles. The Balaban J connectivity index is 2.91. The average molecular weight is 224 g/mol. The van der Waals surface area contributed by atoms with Crippen LogP contribution in [0.3, 0.4) is 0 Å². The zero-order valence-corrected chi connectivity index (χ0v) is 7.58. The van der Waals surface area contributed by atoms with Crippen LogP contribution in [0.4, 0.5) is 13.2 Å². The fraction of sp³-hybridized carbons (Fsp3) is 0.429. The molecule has 1 rings (SSSR count). The largest absolute Gasteiger partial charge is 0.479 e. The smallest absolute Gasteiger partial charge is 0.438 e. The fourth-order valence-corrected chi connectivity index (χ4v) is 0.908. The third-order valence-corrected chi connectivity index (χ3v) is 1.41. The summed E-state index contributed by atoms with van der Waals surface area (Å²) in [7, 11) is 1.28. The lowest BCUT2D eigenvalue weighted by molar-refractivity contribution is -0.145. The highest BCUT2D eigenvalue weighted by Gasteiger charge is 2.38. The lowest BCUT2D eigenvalue weighted by atomic mass is 10.4. The molecule has 0 bridgehead atoms. The molecule has 0 amide bonds. The zero-order valence-electron chi connectivity index (χ0n) is 7.58. The maximum Gasteiger partial charge on any atom is 0.438 e. The highest BCUT2D eigenvalue weighted by molar-refractivity contribution is 5.68. The third-order valence-electron chi connectivity index (χ3n) is 1.41. The Hall–Kier alpha value is -1.73. The minimum atomic E-state index is -4.66. The molecule has 0 spiro atoms. The van der Waals surface area contributed by atoms with Crippen LogP contribution >= 0.6 is 0 Å². The molecule has 0 radical (unpaired) electrons. The molecule has 0 aliphatic heterocycles. The van der Waals surface area contributed by atoms with E-state index in [0.29, 0.717) is 0 Å². The first-order valence-electron chi connectivity index (χ1n) is 3.76. The number of ether oxygens (including phenoxy) is 1. The van der Waals surface area contributed by atoms with Gasteiger partial charge in [0.1, 0.15) is 0 Å². The van der Waals surface area contributed by atoms with Gasteiger partial charge in [-0.05, 0) is 0 Å². The van der Waals surface area contributed by atoms with Crippen LogP contribution in [0.5, 0.6) is 5.75 Å². The molecule has 8 heteroatoms. The summed E-state index contributed by atoms with van der Waals surface area (Å²) >= 11 is 0. The first-order chi connectivity index (χ1) is 6.80. The molecule has 84 valence electrons. The molecular weight excluding hydrogens is 217 g/mol. The number of rotatable bonds is 3. The maximum atomic E-state index is 12.3. The second kappa shape index (κ2) is 3.79. The molecule has 0 saturated carbocycles. The van der Waals surface area contributed by atoms with Gasteiger partial charge in [-0.25, -0.2) is 4.79 Å². The van der Waals surface area contributed by atoms with Crippen molar-refractivity contribution >= 4 is 5.97 Å². The van der Waals surface area contributed by atoms with Crippen molar-refractivity contribution in [3.63, 3.8) is 0 Å². The Labute approximate surface area is 82.1 Å². The van der Waals surface area contributed by atoms with E-state index in [0.717, 1.165) is 10.9 Å². The molecule has 5 nitrogen and oxygen atoms in total. The summed E-state index contributed by atoms with van der Waals surface area (Å²) in [6.07, 6.45) is -3.69. The van der Waals surface area contributed by atoms with Crippen LogP contribution in [-0.4, -0.2) is 27.5 Å². The first-order valence-corrected chi connectivity index (χ1v) is 3.76. The van der Waals surface area contributed by atoms with Crippen molar-refractivity contribution in [3.8, 4) is 5.75 Å². The van der Waals surface area contributed by atoms with Crippen molar-refractivity contribution in [1.82, 2.24) is 9.78 Å². The van der Waals surface area contributed by atoms with Crippen molar-refractivity contribution in [2.45, 2.75) is 6.18 Å². The molecule has 0 aliphatic rings. The number of aliphatic carboxylic acids is 1. The summed E-state index contributed by atoms with van der Waals surface area (Å²) in [5.74, 6) is -1.95. The monoisotopic (exact) mass is 224 g/mol. The number of carboxylic acids is 1. The van der Waals surface area contributed by atoms with Crippen LogP contribution in [0, 0.1) is 0 Å². The number of carboxylic acid groups (broad SMARTS) is 1. The average Bonchev–Trinajstić information content (AvgIpc) is 2.42. The van der Waals surface area contributed by atoms with E-state index >= 15 is 0 Å². The van der Waals surface area contributed by atoms with Crippen molar-refractivity contribution in [3.05, 3.63) is 11.9 Å². The number of hydrogen-bond donors (Lipinski definition) is 1. The van der Waals surface area contributed by atoms with Gasteiger partial charge < -0.3 is 9.84 Å². The molecular formula is C7H7F3N2O3. The Morgan fingerprint density at radius 3 is 2.73 bits per heavy atom. The first kappa shape index (κ1) is 11.3. The predicted octanol–water partition coefficient (Wildman–Crippen LogP) is 0.902. The molecule has 1 aromatic rings. The summed E-state index contributed by atoms with van der Waals surface area (Å²) in [4.78, 5) is 10.1. The van der Waals surface area contributed by atoms with Gasteiger partial charge in [0.2, 0.25) is 5.69 Å². The molecule has 1 N–H and O–H groups in total. The van der Waals surface area contributed by atoms with Gasteiger partial charge >= 0.3 is 12.1 Å². The number of halogens is 3. The SMILES string of the molecule is Cn1cc(OCC(=O)O)c(C(F)(F)F)n1. The zero-order chi connectivity index (χ0) is 11.6. The van der Waals surface area contributed by atoms with Gasteiger partial charge in [0.15, 0.2) is 12.4 Å². The lowest BCUT2D eigenvalue weighted by Gasteiger charge is -2.05. The van der Waals surface area contributed by atoms with E-state index < -0.39 is 30.2 Å². The van der Waals surface area contributed by atoms with E-state index in [4.69, 9.17) is 5.11 Å². The van der Waals surface area contributed by atoms with Crippen molar-refractivity contribution in [2.24, 2.45) is 7.05 Å². The second-order valence-electron chi connectivity index (χ2n) is 2.70. The number of nitrogens with zero attached hydrogens (tertiary/aromatic N) is 2. The minimum absolute atomic E-state index is 0.590. The van der Waals surface area contributed by atoms with E-state index in [1.165, 1.54) is 7.05 Å². The Bertz CT molecular complexity index is 372.